The van der Waals surface area contributed by atoms with Crippen LogP contribution in [0.1, 0.15) is 19.3 Å². The lowest BCUT2D eigenvalue weighted by atomic mass is 9.90. The van der Waals surface area contributed by atoms with E-state index >= 15 is 0 Å². The van der Waals surface area contributed by atoms with Gasteiger partial charge in [0.05, 0.1) is 18.3 Å². The lowest BCUT2D eigenvalue weighted by Crippen LogP contribution is -2.46. The molecule has 3 atom stereocenters. The first-order valence-electron chi connectivity index (χ1n) is 5.77. The van der Waals surface area contributed by atoms with Gasteiger partial charge < -0.3 is 15.2 Å². The van der Waals surface area contributed by atoms with Gasteiger partial charge >= 0.3 is 0 Å². The fraction of sp³-hybridized carbons (Fsp3) is 0.636. The summed E-state index contributed by atoms with van der Waals surface area (Å²) in [5.41, 5.74) is 0. The number of aliphatic hydroxyl groups excluding tert-OH is 1. The normalized spacial score (nSPS) is 28.1. The number of aliphatic hydroxyl groups is 1. The number of nitrogens with one attached hydrogen (secondary N) is 1. The highest BCUT2D eigenvalue weighted by molar-refractivity contribution is 6.28. The predicted octanol–water partition coefficient (Wildman–Crippen LogP) is 1.61. The first kappa shape index (κ1) is 13.5. The maximum atomic E-state index is 13.5. The second-order valence-corrected chi connectivity index (χ2v) is 4.62. The molecule has 0 aromatic carbocycles. The summed E-state index contributed by atoms with van der Waals surface area (Å²) < 4.78 is 18.7. The Hall–Kier alpha value is -0.980. The van der Waals surface area contributed by atoms with Crippen LogP contribution in [-0.4, -0.2) is 40.4 Å². The lowest BCUT2D eigenvalue weighted by molar-refractivity contribution is -0.0421. The molecule has 1 saturated carbocycles. The van der Waals surface area contributed by atoms with Crippen LogP contribution in [0.3, 0.4) is 0 Å². The van der Waals surface area contributed by atoms with E-state index in [1.54, 1.807) is 7.11 Å². The number of nitrogens with zero attached hydrogens (tertiary/aromatic N) is 2. The van der Waals surface area contributed by atoms with Crippen molar-refractivity contribution < 1.29 is 14.2 Å². The van der Waals surface area contributed by atoms with E-state index < -0.39 is 11.9 Å². The number of ether oxygens (including phenoxy) is 1. The van der Waals surface area contributed by atoms with Crippen LogP contribution >= 0.6 is 11.6 Å². The smallest absolute Gasteiger partial charge is 0.224 e. The third-order valence-corrected chi connectivity index (χ3v) is 3.32. The molecule has 18 heavy (non-hydrogen) atoms. The molecule has 1 heterocycles. The Morgan fingerprint density at radius 2 is 2.33 bits per heavy atom. The molecule has 2 rings (SSSR count). The zero-order valence-electron chi connectivity index (χ0n) is 9.94. The van der Waals surface area contributed by atoms with Gasteiger partial charge in [-0.15, -0.1) is 0 Å². The van der Waals surface area contributed by atoms with Crippen molar-refractivity contribution in [3.05, 3.63) is 17.3 Å². The van der Waals surface area contributed by atoms with Gasteiger partial charge in [-0.3, -0.25) is 0 Å². The molecule has 7 heteroatoms. The highest BCUT2D eigenvalue weighted by atomic mass is 35.5. The molecule has 5 nitrogen and oxygen atoms in total. The Labute approximate surface area is 109 Å². The predicted molar refractivity (Wildman–Crippen MR) is 65.1 cm³/mol. The molecule has 0 spiro atoms. The van der Waals surface area contributed by atoms with Crippen LogP contribution in [0.15, 0.2) is 6.20 Å². The van der Waals surface area contributed by atoms with Crippen molar-refractivity contribution in [1.82, 2.24) is 9.97 Å². The molecule has 1 fully saturated rings. The summed E-state index contributed by atoms with van der Waals surface area (Å²) in [7, 11) is 1.55. The summed E-state index contributed by atoms with van der Waals surface area (Å²) >= 11 is 5.61. The van der Waals surface area contributed by atoms with Crippen LogP contribution in [0.4, 0.5) is 10.2 Å². The summed E-state index contributed by atoms with van der Waals surface area (Å²) in [5, 5.41) is 12.9. The zero-order chi connectivity index (χ0) is 13.1. The fourth-order valence-electron chi connectivity index (χ4n) is 2.18. The minimum Gasteiger partial charge on any atom is -0.388 e. The van der Waals surface area contributed by atoms with Gasteiger partial charge in [-0.1, -0.05) is 0 Å². The van der Waals surface area contributed by atoms with Crippen molar-refractivity contribution in [2.45, 2.75) is 37.5 Å². The van der Waals surface area contributed by atoms with Crippen molar-refractivity contribution in [2.75, 3.05) is 12.4 Å². The highest BCUT2D eigenvalue weighted by Gasteiger charge is 2.32. The summed E-state index contributed by atoms with van der Waals surface area (Å²) in [6.07, 6.45) is 2.48. The maximum absolute atomic E-state index is 13.5. The van der Waals surface area contributed by atoms with E-state index in [1.165, 1.54) is 0 Å². The molecule has 1 aromatic heterocycles. The summed E-state index contributed by atoms with van der Waals surface area (Å²) in [5.74, 6) is -0.582. The molecule has 1 aliphatic rings. The van der Waals surface area contributed by atoms with Crippen molar-refractivity contribution >= 4 is 17.4 Å². The topological polar surface area (TPSA) is 67.3 Å². The van der Waals surface area contributed by atoms with Gasteiger partial charge in [-0.2, -0.15) is 4.98 Å². The van der Waals surface area contributed by atoms with E-state index in [4.69, 9.17) is 16.3 Å². The average Bonchev–Trinajstić information content (AvgIpc) is 2.36. The molecule has 2 N–H and O–H groups in total. The summed E-state index contributed by atoms with van der Waals surface area (Å²) in [4.78, 5) is 7.30. The second kappa shape index (κ2) is 5.77. The number of rotatable bonds is 3. The second-order valence-electron chi connectivity index (χ2n) is 4.28. The Bertz CT molecular complexity index is 421. The fourth-order valence-corrected chi connectivity index (χ4v) is 2.31. The van der Waals surface area contributed by atoms with Gasteiger partial charge in [-0.05, 0) is 30.9 Å². The van der Waals surface area contributed by atoms with Crippen LogP contribution < -0.4 is 5.32 Å². The minimum atomic E-state index is -0.697. The van der Waals surface area contributed by atoms with Gasteiger partial charge in [-0.25, -0.2) is 9.37 Å². The highest BCUT2D eigenvalue weighted by Crippen LogP contribution is 2.25. The summed E-state index contributed by atoms with van der Waals surface area (Å²) in [6.45, 7) is 0. The van der Waals surface area contributed by atoms with Crippen molar-refractivity contribution in [3.8, 4) is 0 Å². The minimum absolute atomic E-state index is 0.0100. The van der Waals surface area contributed by atoms with E-state index in [0.717, 1.165) is 25.5 Å². The van der Waals surface area contributed by atoms with E-state index in [-0.39, 0.29) is 23.2 Å². The van der Waals surface area contributed by atoms with Gasteiger partial charge in [0.1, 0.15) is 6.10 Å². The number of hydrogen-bond donors (Lipinski definition) is 2. The van der Waals surface area contributed by atoms with Crippen LogP contribution in [0.5, 0.6) is 0 Å². The van der Waals surface area contributed by atoms with Crippen molar-refractivity contribution in [2.24, 2.45) is 0 Å². The van der Waals surface area contributed by atoms with Crippen molar-refractivity contribution in [1.29, 1.82) is 0 Å². The third-order valence-electron chi connectivity index (χ3n) is 3.14. The van der Waals surface area contributed by atoms with Crippen LogP contribution in [0, 0.1) is 5.82 Å². The number of halogens is 2. The molecular weight excluding hydrogens is 261 g/mol. The summed E-state index contributed by atoms with van der Waals surface area (Å²) in [6, 6.07) is -0.302. The van der Waals surface area contributed by atoms with Crippen LogP contribution in [0.2, 0.25) is 5.28 Å². The number of hydrogen-bond acceptors (Lipinski definition) is 5. The van der Waals surface area contributed by atoms with E-state index in [0.29, 0.717) is 0 Å². The maximum Gasteiger partial charge on any atom is 0.224 e. The zero-order valence-corrected chi connectivity index (χ0v) is 10.7. The van der Waals surface area contributed by atoms with E-state index in [1.807, 2.05) is 0 Å². The molecule has 1 aromatic rings. The molecular formula is C11H15ClFN3O2. The van der Waals surface area contributed by atoms with E-state index in [2.05, 4.69) is 15.3 Å². The molecule has 0 saturated heterocycles. The Morgan fingerprint density at radius 3 is 3.06 bits per heavy atom. The number of aromatic nitrogens is 2. The van der Waals surface area contributed by atoms with Gasteiger partial charge in [0.15, 0.2) is 11.6 Å². The van der Waals surface area contributed by atoms with Crippen LogP contribution in [0.25, 0.3) is 0 Å². The Kier molecular flexibility index (Phi) is 4.31. The van der Waals surface area contributed by atoms with E-state index in [9.17, 15) is 9.50 Å². The standard InChI is InChI=1S/C11H15ClFN3O2/c1-18-8-4-2-3-7(9(8)17)15-10-6(13)5-14-11(12)16-10/h5,7-9,17H,2-4H2,1H3,(H,14,15,16)/t7?,8-,9?/m1/s1. The van der Waals surface area contributed by atoms with Gasteiger partial charge in [0.2, 0.25) is 5.28 Å². The molecule has 2 unspecified atom stereocenters. The molecule has 0 bridgehead atoms. The van der Waals surface area contributed by atoms with Crippen LogP contribution in [-0.2, 0) is 4.74 Å². The monoisotopic (exact) mass is 275 g/mol. The largest absolute Gasteiger partial charge is 0.388 e. The molecule has 0 amide bonds. The first-order chi connectivity index (χ1) is 8.61. The number of methoxy groups -OCH3 is 1. The average molecular weight is 276 g/mol. The molecule has 1 aliphatic carbocycles. The molecule has 0 radical (unpaired) electrons. The third kappa shape index (κ3) is 2.88. The lowest BCUT2D eigenvalue weighted by Gasteiger charge is -2.34. The Balaban J connectivity index is 2.10. The van der Waals surface area contributed by atoms with Crippen molar-refractivity contribution in [3.63, 3.8) is 0 Å². The number of anilines is 1. The quantitative estimate of drug-likeness (QED) is 0.821. The van der Waals surface area contributed by atoms with Gasteiger partial charge in [0.25, 0.3) is 0 Å². The van der Waals surface area contributed by atoms with Gasteiger partial charge in [0, 0.05) is 7.11 Å². The first-order valence-corrected chi connectivity index (χ1v) is 6.15. The molecule has 0 aliphatic heterocycles. The SMILES string of the molecule is CO[C@@H]1CCCC(Nc2nc(Cl)ncc2F)C1O. The Morgan fingerprint density at radius 1 is 1.56 bits per heavy atom. The molecule has 100 valence electrons.